The first-order valence-corrected chi connectivity index (χ1v) is 5.33. The number of thioether (sulfide) groups is 1. The van der Waals surface area contributed by atoms with Crippen molar-refractivity contribution in [1.29, 1.82) is 5.26 Å². The van der Waals surface area contributed by atoms with Crippen molar-refractivity contribution < 1.29 is 31.9 Å². The van der Waals surface area contributed by atoms with Crippen LogP contribution in [0, 0.1) is 11.3 Å². The lowest BCUT2D eigenvalue weighted by molar-refractivity contribution is -0.0329. The number of carboxylic acids is 1. The lowest BCUT2D eigenvalue weighted by Gasteiger charge is -2.14. The van der Waals surface area contributed by atoms with Gasteiger partial charge >= 0.3 is 11.5 Å². The van der Waals surface area contributed by atoms with Gasteiger partial charge in [-0.15, -0.1) is 0 Å². The van der Waals surface area contributed by atoms with Crippen LogP contribution < -0.4 is 0 Å². The Morgan fingerprint density at radius 1 is 1.37 bits per heavy atom. The van der Waals surface area contributed by atoms with Crippen molar-refractivity contribution in [2.45, 2.75) is 16.8 Å². The summed E-state index contributed by atoms with van der Waals surface area (Å²) in [5.41, 5.74) is -7.82. The number of carbonyl (C=O) groups is 1. The summed E-state index contributed by atoms with van der Waals surface area (Å²) in [5, 5.41) is 17.3. The van der Waals surface area contributed by atoms with Crippen LogP contribution in [0.4, 0.5) is 22.0 Å². The Hall–Kier alpha value is -1.82. The third kappa shape index (κ3) is 3.57. The van der Waals surface area contributed by atoms with Gasteiger partial charge in [-0.25, -0.2) is 13.6 Å². The van der Waals surface area contributed by atoms with Gasteiger partial charge in [0.25, 0.3) is 6.43 Å². The Kier molecular flexibility index (Phi) is 4.36. The number of nitrogens with zero attached hydrogens (tertiary/aromatic N) is 1. The minimum absolute atomic E-state index is 0.650. The van der Waals surface area contributed by atoms with E-state index < -0.39 is 51.3 Å². The minimum Gasteiger partial charge on any atom is -0.478 e. The summed E-state index contributed by atoms with van der Waals surface area (Å²) in [5.74, 6) is -1.79. The highest BCUT2D eigenvalue weighted by Crippen LogP contribution is 2.44. The third-order valence-corrected chi connectivity index (χ3v) is 2.86. The summed E-state index contributed by atoms with van der Waals surface area (Å²) in [6, 6.07) is 2.78. The normalized spacial score (nSPS) is 11.4. The molecule has 0 aromatic heterocycles. The maximum Gasteiger partial charge on any atom is 0.446 e. The number of rotatable bonds is 3. The van der Waals surface area contributed by atoms with Crippen LogP contribution in [-0.2, 0) is 0 Å². The van der Waals surface area contributed by atoms with Gasteiger partial charge in [0.1, 0.15) is 6.07 Å². The molecule has 1 aromatic rings. The number of hydrogen-bond donors (Lipinski definition) is 1. The molecule has 19 heavy (non-hydrogen) atoms. The number of nitriles is 1. The predicted octanol–water partition coefficient (Wildman–Crippen LogP) is 3.81. The topological polar surface area (TPSA) is 61.1 Å². The zero-order valence-electron chi connectivity index (χ0n) is 8.83. The van der Waals surface area contributed by atoms with Crippen LogP contribution in [0.3, 0.4) is 0 Å². The summed E-state index contributed by atoms with van der Waals surface area (Å²) in [4.78, 5) is 9.66. The first-order valence-electron chi connectivity index (χ1n) is 4.51. The van der Waals surface area contributed by atoms with E-state index in [2.05, 4.69) is 0 Å². The van der Waals surface area contributed by atoms with Crippen LogP contribution in [0.2, 0.25) is 0 Å². The van der Waals surface area contributed by atoms with Crippen LogP contribution in [0.15, 0.2) is 17.0 Å². The van der Waals surface area contributed by atoms with Gasteiger partial charge in [-0.05, 0) is 23.9 Å². The van der Waals surface area contributed by atoms with Crippen molar-refractivity contribution in [2.24, 2.45) is 0 Å². The standard InChI is InChI=1S/C10H4F5NO2S/c11-8(12)6-5(9(17)18)2-1-4(3-16)7(6)19-10(13,14)15/h1-2,8H,(H,17,18). The lowest BCUT2D eigenvalue weighted by Crippen LogP contribution is -2.09. The van der Waals surface area contributed by atoms with Crippen LogP contribution in [0.5, 0.6) is 0 Å². The van der Waals surface area contributed by atoms with E-state index in [0.717, 1.165) is 6.07 Å². The lowest BCUT2D eigenvalue weighted by atomic mass is 10.0. The third-order valence-electron chi connectivity index (χ3n) is 1.98. The van der Waals surface area contributed by atoms with Gasteiger partial charge in [-0.2, -0.15) is 18.4 Å². The molecule has 3 nitrogen and oxygen atoms in total. The SMILES string of the molecule is N#Cc1ccc(C(=O)O)c(C(F)F)c1SC(F)(F)F. The monoisotopic (exact) mass is 297 g/mol. The Morgan fingerprint density at radius 3 is 2.32 bits per heavy atom. The molecule has 0 atom stereocenters. The van der Waals surface area contributed by atoms with E-state index in [4.69, 9.17) is 10.4 Å². The molecule has 9 heteroatoms. The number of benzene rings is 1. The fourth-order valence-corrected chi connectivity index (χ4v) is 2.08. The summed E-state index contributed by atoms with van der Waals surface area (Å²) in [7, 11) is 0. The van der Waals surface area contributed by atoms with E-state index in [0.29, 0.717) is 6.07 Å². The molecule has 0 fully saturated rings. The van der Waals surface area contributed by atoms with Crippen molar-refractivity contribution in [3.05, 3.63) is 28.8 Å². The first-order chi connectivity index (χ1) is 8.67. The quantitative estimate of drug-likeness (QED) is 0.681. The minimum atomic E-state index is -4.91. The molecule has 0 saturated heterocycles. The van der Waals surface area contributed by atoms with E-state index in [9.17, 15) is 26.7 Å². The Labute approximate surface area is 107 Å². The average Bonchev–Trinajstić information content (AvgIpc) is 2.25. The van der Waals surface area contributed by atoms with Gasteiger partial charge in [-0.3, -0.25) is 0 Å². The molecule has 1 N–H and O–H groups in total. The smallest absolute Gasteiger partial charge is 0.446 e. The van der Waals surface area contributed by atoms with Crippen LogP contribution in [0.25, 0.3) is 0 Å². The second-order valence-electron chi connectivity index (χ2n) is 3.17. The van der Waals surface area contributed by atoms with E-state index in [1.807, 2.05) is 0 Å². The largest absolute Gasteiger partial charge is 0.478 e. The molecule has 0 aliphatic carbocycles. The molecule has 0 spiro atoms. The number of aromatic carboxylic acids is 1. The molecule has 1 aromatic carbocycles. The molecule has 0 radical (unpaired) electrons. The summed E-state index contributed by atoms with van der Waals surface area (Å²) in [6.07, 6.45) is -3.44. The van der Waals surface area contributed by atoms with E-state index in [-0.39, 0.29) is 0 Å². The zero-order valence-corrected chi connectivity index (χ0v) is 9.65. The van der Waals surface area contributed by atoms with E-state index >= 15 is 0 Å². The molecule has 102 valence electrons. The fourth-order valence-electron chi connectivity index (χ4n) is 1.32. The highest BCUT2D eigenvalue weighted by molar-refractivity contribution is 8.00. The highest BCUT2D eigenvalue weighted by Gasteiger charge is 2.35. The Balaban J connectivity index is 3.59. The average molecular weight is 297 g/mol. The fraction of sp³-hybridized carbons (Fsp3) is 0.200. The zero-order chi connectivity index (χ0) is 14.8. The van der Waals surface area contributed by atoms with Crippen LogP contribution in [-0.4, -0.2) is 16.6 Å². The summed E-state index contributed by atoms with van der Waals surface area (Å²) >= 11 is -0.927. The van der Waals surface area contributed by atoms with Crippen molar-refractivity contribution in [3.8, 4) is 6.07 Å². The second kappa shape index (κ2) is 5.44. The molecule has 0 bridgehead atoms. The van der Waals surface area contributed by atoms with Crippen molar-refractivity contribution in [2.75, 3.05) is 0 Å². The molecule has 0 heterocycles. The van der Waals surface area contributed by atoms with Crippen LogP contribution >= 0.6 is 11.8 Å². The second-order valence-corrected chi connectivity index (χ2v) is 4.24. The summed E-state index contributed by atoms with van der Waals surface area (Å²) in [6.45, 7) is 0. The molecule has 0 saturated carbocycles. The van der Waals surface area contributed by atoms with Crippen LogP contribution in [0.1, 0.15) is 27.9 Å². The maximum atomic E-state index is 12.8. The van der Waals surface area contributed by atoms with Gasteiger partial charge in [0.2, 0.25) is 0 Å². The number of carboxylic acid groups (broad SMARTS) is 1. The first kappa shape index (κ1) is 15.2. The van der Waals surface area contributed by atoms with E-state index in [1.54, 1.807) is 0 Å². The summed E-state index contributed by atoms with van der Waals surface area (Å²) < 4.78 is 62.5. The number of alkyl halides is 5. The van der Waals surface area contributed by atoms with Crippen molar-refractivity contribution in [1.82, 2.24) is 0 Å². The molecule has 0 aliphatic heterocycles. The molecular weight excluding hydrogens is 293 g/mol. The number of halogens is 5. The van der Waals surface area contributed by atoms with Gasteiger partial charge in [0, 0.05) is 10.5 Å². The molecule has 0 unspecified atom stereocenters. The maximum absolute atomic E-state index is 12.8. The molecule has 1 rings (SSSR count). The van der Waals surface area contributed by atoms with E-state index in [1.165, 1.54) is 6.07 Å². The molecule has 0 aliphatic rings. The number of hydrogen-bond acceptors (Lipinski definition) is 3. The molecular formula is C10H4F5NO2S. The highest BCUT2D eigenvalue weighted by atomic mass is 32.2. The van der Waals surface area contributed by atoms with Gasteiger partial charge in [-0.1, -0.05) is 0 Å². The molecule has 0 amide bonds. The van der Waals surface area contributed by atoms with Gasteiger partial charge in [0.05, 0.1) is 11.1 Å². The Morgan fingerprint density at radius 2 is 1.95 bits per heavy atom. The predicted molar refractivity (Wildman–Crippen MR) is 55.0 cm³/mol. The van der Waals surface area contributed by atoms with Crippen molar-refractivity contribution >= 4 is 17.7 Å². The van der Waals surface area contributed by atoms with Gasteiger partial charge in [0.15, 0.2) is 0 Å². The Bertz CT molecular complexity index is 550. The van der Waals surface area contributed by atoms with Gasteiger partial charge < -0.3 is 5.11 Å². The van der Waals surface area contributed by atoms with Crippen molar-refractivity contribution in [3.63, 3.8) is 0 Å².